The van der Waals surface area contributed by atoms with Crippen molar-refractivity contribution in [3.8, 4) is 5.75 Å². The second kappa shape index (κ2) is 4.68. The largest absolute Gasteiger partial charge is 0.480 e. The van der Waals surface area contributed by atoms with Crippen LogP contribution in [-0.4, -0.2) is 36.3 Å². The Labute approximate surface area is 112 Å². The highest BCUT2D eigenvalue weighted by molar-refractivity contribution is 5.99. The van der Waals surface area contributed by atoms with Crippen molar-refractivity contribution in [3.63, 3.8) is 0 Å². The molecule has 1 fully saturated rings. The van der Waals surface area contributed by atoms with E-state index in [1.54, 1.807) is 11.9 Å². The Morgan fingerprint density at radius 3 is 2.84 bits per heavy atom. The van der Waals surface area contributed by atoms with Crippen LogP contribution < -0.4 is 4.74 Å². The van der Waals surface area contributed by atoms with Crippen LogP contribution in [0.15, 0.2) is 18.2 Å². The van der Waals surface area contributed by atoms with Crippen LogP contribution in [0, 0.1) is 0 Å². The molecule has 1 amide bonds. The minimum absolute atomic E-state index is 0.0275. The number of likely N-dealkylation sites (tertiary alicyclic amines) is 1. The lowest BCUT2D eigenvalue weighted by Crippen LogP contribution is -2.30. The quantitative estimate of drug-likeness (QED) is 0.814. The number of rotatable bonds is 2. The monoisotopic (exact) mass is 259 g/mol. The number of amides is 1. The molecular formula is C15H17NO3. The van der Waals surface area contributed by atoms with Crippen LogP contribution in [0.2, 0.25) is 0 Å². The van der Waals surface area contributed by atoms with Gasteiger partial charge in [-0.1, -0.05) is 12.1 Å². The summed E-state index contributed by atoms with van der Waals surface area (Å²) < 4.78 is 5.86. The van der Waals surface area contributed by atoms with Crippen LogP contribution in [0.4, 0.5) is 0 Å². The highest BCUT2D eigenvalue weighted by atomic mass is 16.5. The molecule has 4 nitrogen and oxygen atoms in total. The van der Waals surface area contributed by atoms with Gasteiger partial charge in [0.25, 0.3) is 5.91 Å². The molecule has 19 heavy (non-hydrogen) atoms. The van der Waals surface area contributed by atoms with Crippen molar-refractivity contribution in [2.24, 2.45) is 0 Å². The number of likely N-dealkylation sites (N-methyl/N-ethyl adjacent to an activating group) is 1. The van der Waals surface area contributed by atoms with Gasteiger partial charge in [0.05, 0.1) is 0 Å². The van der Waals surface area contributed by atoms with Gasteiger partial charge in [0.15, 0.2) is 11.9 Å². The van der Waals surface area contributed by atoms with Crippen molar-refractivity contribution < 1.29 is 14.3 Å². The maximum atomic E-state index is 11.9. The molecule has 1 atom stereocenters. The number of hydrogen-bond donors (Lipinski definition) is 0. The lowest BCUT2D eigenvalue weighted by atomic mass is 9.90. The van der Waals surface area contributed by atoms with E-state index in [0.717, 1.165) is 30.5 Å². The Morgan fingerprint density at radius 2 is 2.11 bits per heavy atom. The van der Waals surface area contributed by atoms with Gasteiger partial charge in [-0.2, -0.15) is 0 Å². The summed E-state index contributed by atoms with van der Waals surface area (Å²) in [6.45, 7) is 0.734. The van der Waals surface area contributed by atoms with Gasteiger partial charge in [0.1, 0.15) is 5.75 Å². The standard InChI is InChI=1S/C15H17NO3/c1-16-9-8-14(15(16)18)19-13-7-3-4-10-11(13)5-2-6-12(10)17/h3-4,7,14H,2,5-6,8-9H2,1H3. The number of hydrogen-bond acceptors (Lipinski definition) is 3. The summed E-state index contributed by atoms with van der Waals surface area (Å²) >= 11 is 0. The summed E-state index contributed by atoms with van der Waals surface area (Å²) in [4.78, 5) is 25.4. The van der Waals surface area contributed by atoms with E-state index < -0.39 is 6.10 Å². The molecule has 1 aromatic carbocycles. The molecule has 1 aliphatic heterocycles. The molecule has 0 aromatic heterocycles. The van der Waals surface area contributed by atoms with Gasteiger partial charge in [-0.25, -0.2) is 0 Å². The predicted octanol–water partition coefficient (Wildman–Crippen LogP) is 1.82. The molecule has 0 saturated carbocycles. The normalized spacial score (nSPS) is 22.6. The lowest BCUT2D eigenvalue weighted by Gasteiger charge is -2.20. The van der Waals surface area contributed by atoms with E-state index in [9.17, 15) is 9.59 Å². The Balaban J connectivity index is 1.88. The molecular weight excluding hydrogens is 242 g/mol. The maximum absolute atomic E-state index is 11.9. The minimum Gasteiger partial charge on any atom is -0.480 e. The molecule has 1 saturated heterocycles. The molecule has 1 aliphatic carbocycles. The number of carbonyl (C=O) groups is 2. The molecule has 4 heteroatoms. The molecule has 1 heterocycles. The first-order valence-electron chi connectivity index (χ1n) is 6.73. The van der Waals surface area contributed by atoms with E-state index in [0.29, 0.717) is 18.6 Å². The lowest BCUT2D eigenvalue weighted by molar-refractivity contribution is -0.132. The minimum atomic E-state index is -0.395. The molecule has 3 rings (SSSR count). The number of carbonyl (C=O) groups excluding carboxylic acids is 2. The maximum Gasteiger partial charge on any atom is 0.263 e. The number of Topliss-reactive ketones (excluding diaryl/α,β-unsaturated/α-hetero) is 1. The number of fused-ring (bicyclic) bond motifs is 1. The third-order valence-electron chi connectivity index (χ3n) is 3.91. The van der Waals surface area contributed by atoms with Crippen molar-refractivity contribution in [2.45, 2.75) is 31.8 Å². The van der Waals surface area contributed by atoms with Crippen molar-refractivity contribution in [2.75, 3.05) is 13.6 Å². The average molecular weight is 259 g/mol. The van der Waals surface area contributed by atoms with Crippen molar-refractivity contribution in [1.82, 2.24) is 4.90 Å². The number of benzene rings is 1. The summed E-state index contributed by atoms with van der Waals surface area (Å²) in [5.41, 5.74) is 1.74. The van der Waals surface area contributed by atoms with Gasteiger partial charge in [-0.05, 0) is 18.9 Å². The molecule has 0 N–H and O–H groups in total. The summed E-state index contributed by atoms with van der Waals surface area (Å²) in [5.74, 6) is 0.917. The third kappa shape index (κ3) is 2.11. The fraction of sp³-hybridized carbons (Fsp3) is 0.467. The van der Waals surface area contributed by atoms with Crippen LogP contribution in [0.1, 0.15) is 35.2 Å². The highest BCUT2D eigenvalue weighted by Gasteiger charge is 2.32. The average Bonchev–Trinajstić information content (AvgIpc) is 2.72. The predicted molar refractivity (Wildman–Crippen MR) is 70.4 cm³/mol. The Hall–Kier alpha value is -1.84. The fourth-order valence-corrected chi connectivity index (χ4v) is 2.81. The molecule has 0 spiro atoms. The SMILES string of the molecule is CN1CCC(Oc2cccc3c2CCCC3=O)C1=O. The molecule has 100 valence electrons. The zero-order valence-electron chi connectivity index (χ0n) is 11.0. The molecule has 1 unspecified atom stereocenters. The Bertz CT molecular complexity index is 538. The highest BCUT2D eigenvalue weighted by Crippen LogP contribution is 2.31. The van der Waals surface area contributed by atoms with E-state index >= 15 is 0 Å². The zero-order valence-corrected chi connectivity index (χ0v) is 11.0. The molecule has 1 aromatic rings. The van der Waals surface area contributed by atoms with Gasteiger partial charge in [-0.15, -0.1) is 0 Å². The smallest absolute Gasteiger partial charge is 0.263 e. The molecule has 2 aliphatic rings. The van der Waals surface area contributed by atoms with E-state index in [1.807, 2.05) is 18.2 Å². The van der Waals surface area contributed by atoms with Crippen LogP contribution >= 0.6 is 0 Å². The van der Waals surface area contributed by atoms with Gasteiger partial charge in [0.2, 0.25) is 0 Å². The van der Waals surface area contributed by atoms with Crippen molar-refractivity contribution >= 4 is 11.7 Å². The van der Waals surface area contributed by atoms with Crippen molar-refractivity contribution in [1.29, 1.82) is 0 Å². The van der Waals surface area contributed by atoms with Crippen LogP contribution in [0.3, 0.4) is 0 Å². The van der Waals surface area contributed by atoms with Gasteiger partial charge in [-0.3, -0.25) is 9.59 Å². The number of nitrogens with zero attached hydrogens (tertiary/aromatic N) is 1. The van der Waals surface area contributed by atoms with Gasteiger partial charge >= 0.3 is 0 Å². The second-order valence-corrected chi connectivity index (χ2v) is 5.21. The Morgan fingerprint density at radius 1 is 1.26 bits per heavy atom. The van der Waals surface area contributed by atoms with Crippen LogP contribution in [0.25, 0.3) is 0 Å². The van der Waals surface area contributed by atoms with Crippen molar-refractivity contribution in [3.05, 3.63) is 29.3 Å². The van der Waals surface area contributed by atoms with E-state index in [2.05, 4.69) is 0 Å². The van der Waals surface area contributed by atoms with E-state index in [4.69, 9.17) is 4.74 Å². The number of ketones is 1. The topological polar surface area (TPSA) is 46.6 Å². The third-order valence-corrected chi connectivity index (χ3v) is 3.91. The van der Waals surface area contributed by atoms with Crippen LogP contribution in [0.5, 0.6) is 5.75 Å². The first kappa shape index (κ1) is 12.2. The van der Waals surface area contributed by atoms with E-state index in [1.165, 1.54) is 0 Å². The molecule has 0 bridgehead atoms. The van der Waals surface area contributed by atoms with Gasteiger partial charge < -0.3 is 9.64 Å². The zero-order chi connectivity index (χ0) is 13.4. The molecule has 0 radical (unpaired) electrons. The first-order chi connectivity index (χ1) is 9.16. The fourth-order valence-electron chi connectivity index (χ4n) is 2.81. The summed E-state index contributed by atoms with van der Waals surface area (Å²) in [5, 5.41) is 0. The van der Waals surface area contributed by atoms with E-state index in [-0.39, 0.29) is 11.7 Å². The summed E-state index contributed by atoms with van der Waals surface area (Å²) in [6.07, 6.45) is 2.65. The second-order valence-electron chi connectivity index (χ2n) is 5.21. The summed E-state index contributed by atoms with van der Waals surface area (Å²) in [6, 6.07) is 5.55. The first-order valence-corrected chi connectivity index (χ1v) is 6.73. The van der Waals surface area contributed by atoms with Gasteiger partial charge in [0, 0.05) is 37.6 Å². The van der Waals surface area contributed by atoms with Crippen LogP contribution in [-0.2, 0) is 11.2 Å². The number of ether oxygens (including phenoxy) is 1. The summed E-state index contributed by atoms with van der Waals surface area (Å²) in [7, 11) is 1.79. The Kier molecular flexibility index (Phi) is 3.01.